The lowest BCUT2D eigenvalue weighted by atomic mass is 10.2. The topological polar surface area (TPSA) is 43.6 Å². The Labute approximate surface area is 142 Å². The van der Waals surface area contributed by atoms with Gasteiger partial charge in [0.15, 0.2) is 4.80 Å². The number of hydrogen-bond donors (Lipinski definition) is 0. The van der Waals surface area contributed by atoms with Crippen molar-refractivity contribution in [1.82, 2.24) is 4.57 Å². The average Bonchev–Trinajstić information content (AvgIpc) is 2.92. The number of halogens is 1. The van der Waals surface area contributed by atoms with Gasteiger partial charge in [0.1, 0.15) is 17.1 Å². The second kappa shape index (κ2) is 6.97. The lowest BCUT2D eigenvalue weighted by Crippen LogP contribution is -2.17. The minimum Gasteiger partial charge on any atom is -0.495 e. The number of nitrogens with zero attached hydrogens (tertiary/aromatic N) is 2. The van der Waals surface area contributed by atoms with Crippen LogP contribution in [0.3, 0.4) is 0 Å². The third-order valence-electron chi connectivity index (χ3n) is 3.60. The normalized spacial score (nSPS) is 11.9. The van der Waals surface area contributed by atoms with E-state index in [0.29, 0.717) is 4.80 Å². The highest BCUT2D eigenvalue weighted by atomic mass is 32.1. The van der Waals surface area contributed by atoms with E-state index in [0.717, 1.165) is 28.9 Å². The molecule has 0 bridgehead atoms. The van der Waals surface area contributed by atoms with Crippen LogP contribution in [0.25, 0.3) is 10.2 Å². The molecule has 0 saturated heterocycles. The minimum absolute atomic E-state index is 0.238. The summed E-state index contributed by atoms with van der Waals surface area (Å²) in [6.45, 7) is 2.78. The Kier molecular flexibility index (Phi) is 4.76. The zero-order valence-corrected chi connectivity index (χ0v) is 14.3. The summed E-state index contributed by atoms with van der Waals surface area (Å²) >= 11 is 1.42. The van der Waals surface area contributed by atoms with E-state index >= 15 is 0 Å². The third kappa shape index (κ3) is 3.10. The zero-order chi connectivity index (χ0) is 17.1. The highest BCUT2D eigenvalue weighted by Crippen LogP contribution is 2.27. The summed E-state index contributed by atoms with van der Waals surface area (Å²) in [5, 5.41) is 0. The molecule has 6 heteroatoms. The highest BCUT2D eigenvalue weighted by Gasteiger charge is 2.12. The molecule has 1 heterocycles. The molecule has 24 heavy (non-hydrogen) atoms. The summed E-state index contributed by atoms with van der Waals surface area (Å²) in [7, 11) is 1.62. The number of ether oxygens (including phenoxy) is 1. The molecule has 0 aliphatic carbocycles. The van der Waals surface area contributed by atoms with E-state index in [1.165, 1.54) is 29.5 Å². The van der Waals surface area contributed by atoms with Crippen molar-refractivity contribution in [1.29, 1.82) is 0 Å². The lowest BCUT2D eigenvalue weighted by Gasteiger charge is -2.07. The second-order valence-corrected chi connectivity index (χ2v) is 6.28. The summed E-state index contributed by atoms with van der Waals surface area (Å²) in [6.07, 6.45) is 0.894. The molecule has 0 spiro atoms. The van der Waals surface area contributed by atoms with Crippen molar-refractivity contribution in [2.45, 2.75) is 19.9 Å². The van der Waals surface area contributed by atoms with Crippen LogP contribution in [-0.2, 0) is 6.54 Å². The SMILES string of the molecule is CCCn1c(=NC(=O)c2cccc(F)c2)sc2cccc(OC)c21. The number of amides is 1. The van der Waals surface area contributed by atoms with E-state index in [2.05, 4.69) is 11.9 Å². The Balaban J connectivity index is 2.18. The molecule has 0 N–H and O–H groups in total. The number of para-hydroxylation sites is 1. The molecule has 0 aliphatic rings. The van der Waals surface area contributed by atoms with E-state index in [1.54, 1.807) is 13.2 Å². The van der Waals surface area contributed by atoms with E-state index in [9.17, 15) is 9.18 Å². The largest absolute Gasteiger partial charge is 0.495 e. The number of thiazole rings is 1. The predicted molar refractivity (Wildman–Crippen MR) is 93.0 cm³/mol. The average molecular weight is 344 g/mol. The van der Waals surface area contributed by atoms with E-state index < -0.39 is 11.7 Å². The van der Waals surface area contributed by atoms with Crippen LogP contribution < -0.4 is 9.54 Å². The Bertz CT molecular complexity index is 959. The lowest BCUT2D eigenvalue weighted by molar-refractivity contribution is 0.0997. The molecule has 0 aliphatic heterocycles. The van der Waals surface area contributed by atoms with Gasteiger partial charge in [0.2, 0.25) is 0 Å². The number of methoxy groups -OCH3 is 1. The third-order valence-corrected chi connectivity index (χ3v) is 4.64. The highest BCUT2D eigenvalue weighted by molar-refractivity contribution is 7.16. The van der Waals surface area contributed by atoms with Gasteiger partial charge in [-0.15, -0.1) is 0 Å². The number of aryl methyl sites for hydroxylation is 1. The number of rotatable bonds is 4. The van der Waals surface area contributed by atoms with E-state index in [-0.39, 0.29) is 5.56 Å². The smallest absolute Gasteiger partial charge is 0.279 e. The van der Waals surface area contributed by atoms with Crippen LogP contribution in [0.15, 0.2) is 47.5 Å². The molecule has 3 rings (SSSR count). The van der Waals surface area contributed by atoms with Gasteiger partial charge >= 0.3 is 0 Å². The maximum Gasteiger partial charge on any atom is 0.279 e. The Morgan fingerprint density at radius 3 is 2.79 bits per heavy atom. The summed E-state index contributed by atoms with van der Waals surface area (Å²) in [6, 6.07) is 11.3. The first kappa shape index (κ1) is 16.4. The Morgan fingerprint density at radius 2 is 2.08 bits per heavy atom. The van der Waals surface area contributed by atoms with Crippen molar-refractivity contribution < 1.29 is 13.9 Å². The standard InChI is InChI=1S/C18H17FN2O2S/c1-3-10-21-16-14(23-2)8-5-9-15(16)24-18(21)20-17(22)12-6-4-7-13(19)11-12/h4-9,11H,3,10H2,1-2H3. The number of benzene rings is 2. The van der Waals surface area contributed by atoms with Crippen LogP contribution in [0.2, 0.25) is 0 Å². The molecular formula is C18H17FN2O2S. The van der Waals surface area contributed by atoms with Gasteiger partial charge in [0.05, 0.1) is 11.8 Å². The van der Waals surface area contributed by atoms with Crippen LogP contribution in [-0.4, -0.2) is 17.6 Å². The van der Waals surface area contributed by atoms with Gasteiger partial charge in [-0.1, -0.05) is 30.4 Å². The molecule has 0 atom stereocenters. The van der Waals surface area contributed by atoms with Crippen LogP contribution in [0.5, 0.6) is 5.75 Å². The number of hydrogen-bond acceptors (Lipinski definition) is 3. The number of carbonyl (C=O) groups excluding carboxylic acids is 1. The maximum atomic E-state index is 13.3. The molecule has 0 saturated carbocycles. The minimum atomic E-state index is -0.454. The van der Waals surface area contributed by atoms with Crippen molar-refractivity contribution in [3.63, 3.8) is 0 Å². The number of fused-ring (bicyclic) bond motifs is 1. The van der Waals surface area contributed by atoms with Crippen molar-refractivity contribution in [3.05, 3.63) is 58.6 Å². The first-order valence-electron chi connectivity index (χ1n) is 7.65. The Morgan fingerprint density at radius 1 is 1.29 bits per heavy atom. The van der Waals surface area contributed by atoms with Crippen molar-refractivity contribution in [2.75, 3.05) is 7.11 Å². The van der Waals surface area contributed by atoms with Gasteiger partial charge < -0.3 is 9.30 Å². The summed E-state index contributed by atoms with van der Waals surface area (Å²) < 4.78 is 21.7. The van der Waals surface area contributed by atoms with Crippen LogP contribution >= 0.6 is 11.3 Å². The molecule has 1 aromatic heterocycles. The second-order valence-electron chi connectivity index (χ2n) is 5.27. The first-order chi connectivity index (χ1) is 11.6. The van der Waals surface area contributed by atoms with Crippen LogP contribution in [0.1, 0.15) is 23.7 Å². The van der Waals surface area contributed by atoms with Crippen molar-refractivity contribution in [2.24, 2.45) is 4.99 Å². The van der Waals surface area contributed by atoms with Gasteiger partial charge in [-0.2, -0.15) is 4.99 Å². The van der Waals surface area contributed by atoms with E-state index in [1.807, 2.05) is 22.8 Å². The fraction of sp³-hybridized carbons (Fsp3) is 0.222. The molecule has 1 amide bonds. The molecule has 0 radical (unpaired) electrons. The van der Waals surface area contributed by atoms with Gasteiger partial charge in [0, 0.05) is 12.1 Å². The predicted octanol–water partition coefficient (Wildman–Crippen LogP) is 4.00. The van der Waals surface area contributed by atoms with Crippen molar-refractivity contribution >= 4 is 27.5 Å². The van der Waals surface area contributed by atoms with Gasteiger partial charge in [0.25, 0.3) is 5.91 Å². The van der Waals surface area contributed by atoms with Crippen LogP contribution in [0, 0.1) is 5.82 Å². The molecule has 124 valence electrons. The number of carbonyl (C=O) groups is 1. The summed E-state index contributed by atoms with van der Waals surface area (Å²) in [5.74, 6) is -0.155. The van der Waals surface area contributed by atoms with Crippen molar-refractivity contribution in [3.8, 4) is 5.75 Å². The fourth-order valence-corrected chi connectivity index (χ4v) is 3.62. The van der Waals surface area contributed by atoms with Gasteiger partial charge in [-0.3, -0.25) is 4.79 Å². The fourth-order valence-electron chi connectivity index (χ4n) is 2.55. The monoisotopic (exact) mass is 344 g/mol. The molecule has 4 nitrogen and oxygen atoms in total. The molecule has 2 aromatic carbocycles. The van der Waals surface area contributed by atoms with Gasteiger partial charge in [-0.05, 0) is 36.8 Å². The summed E-state index contributed by atoms with van der Waals surface area (Å²) in [5.41, 5.74) is 1.17. The zero-order valence-electron chi connectivity index (χ0n) is 13.5. The van der Waals surface area contributed by atoms with E-state index in [4.69, 9.17) is 4.74 Å². The Hall–Kier alpha value is -2.47. The number of aromatic nitrogens is 1. The van der Waals surface area contributed by atoms with Crippen LogP contribution in [0.4, 0.5) is 4.39 Å². The summed E-state index contributed by atoms with van der Waals surface area (Å²) in [4.78, 5) is 17.2. The quantitative estimate of drug-likeness (QED) is 0.718. The molecule has 0 fully saturated rings. The van der Waals surface area contributed by atoms with Gasteiger partial charge in [-0.25, -0.2) is 4.39 Å². The molecule has 3 aromatic rings. The maximum absolute atomic E-state index is 13.3. The molecule has 0 unspecified atom stereocenters. The first-order valence-corrected chi connectivity index (χ1v) is 8.46. The molecular weight excluding hydrogens is 327 g/mol.